The molecule has 0 aliphatic carbocycles. The van der Waals surface area contributed by atoms with Gasteiger partial charge in [-0.05, 0) is 42.7 Å². The Labute approximate surface area is 150 Å². The van der Waals surface area contributed by atoms with Gasteiger partial charge in [-0.3, -0.25) is 9.59 Å². The highest BCUT2D eigenvalue weighted by Crippen LogP contribution is 2.10. The number of thioether (sulfide) groups is 1. The summed E-state index contributed by atoms with van der Waals surface area (Å²) >= 11 is 7.34. The normalized spacial score (nSPS) is 11.5. The molecule has 0 spiro atoms. The van der Waals surface area contributed by atoms with Crippen LogP contribution in [-0.2, 0) is 14.3 Å². The Bertz CT molecular complexity index is 578. The fourth-order valence-electron chi connectivity index (χ4n) is 1.69. The standard InChI is InChI=1S/C16H21ClN2O4S/c1-19(2)14(20)10-23-16(22)13(8-9-24-3)18-15(21)11-4-6-12(17)7-5-11/h4-7,13H,8-10H2,1-3H3,(H,18,21)/t13-/m0/s1. The predicted octanol–water partition coefficient (Wildman–Crippen LogP) is 1.82. The number of amides is 2. The Kier molecular flexibility index (Phi) is 8.63. The molecule has 0 saturated heterocycles. The average Bonchev–Trinajstić information content (AvgIpc) is 2.56. The Balaban J connectivity index is 2.69. The molecule has 0 saturated carbocycles. The Morgan fingerprint density at radius 1 is 1.25 bits per heavy atom. The molecule has 0 heterocycles. The molecule has 0 unspecified atom stereocenters. The molecule has 1 rings (SSSR count). The molecule has 0 radical (unpaired) electrons. The van der Waals surface area contributed by atoms with Crippen LogP contribution in [0, 0.1) is 0 Å². The first-order chi connectivity index (χ1) is 11.3. The number of carbonyl (C=O) groups excluding carboxylic acids is 3. The molecule has 0 aliphatic rings. The fraction of sp³-hybridized carbons (Fsp3) is 0.438. The van der Waals surface area contributed by atoms with Crippen LogP contribution in [0.25, 0.3) is 0 Å². The number of nitrogens with one attached hydrogen (secondary N) is 1. The highest BCUT2D eigenvalue weighted by molar-refractivity contribution is 7.98. The Morgan fingerprint density at radius 2 is 1.88 bits per heavy atom. The van der Waals surface area contributed by atoms with Gasteiger partial charge in [-0.15, -0.1) is 0 Å². The van der Waals surface area contributed by atoms with Gasteiger partial charge in [0.1, 0.15) is 6.04 Å². The first-order valence-electron chi connectivity index (χ1n) is 7.27. The van der Waals surface area contributed by atoms with Gasteiger partial charge in [0, 0.05) is 24.7 Å². The molecule has 1 aromatic rings. The zero-order valence-electron chi connectivity index (χ0n) is 13.9. The summed E-state index contributed by atoms with van der Waals surface area (Å²) in [5, 5.41) is 3.17. The van der Waals surface area contributed by atoms with Gasteiger partial charge in [0.15, 0.2) is 6.61 Å². The van der Waals surface area contributed by atoms with Crippen molar-refractivity contribution in [2.24, 2.45) is 0 Å². The van der Waals surface area contributed by atoms with E-state index in [9.17, 15) is 14.4 Å². The molecule has 0 aromatic heterocycles. The summed E-state index contributed by atoms with van der Waals surface area (Å²) in [6.45, 7) is -0.349. The van der Waals surface area contributed by atoms with Crippen molar-refractivity contribution < 1.29 is 19.1 Å². The van der Waals surface area contributed by atoms with E-state index >= 15 is 0 Å². The van der Waals surface area contributed by atoms with Crippen molar-refractivity contribution in [3.8, 4) is 0 Å². The fourth-order valence-corrected chi connectivity index (χ4v) is 2.29. The van der Waals surface area contributed by atoms with E-state index in [1.807, 2.05) is 6.26 Å². The molecule has 132 valence electrons. The summed E-state index contributed by atoms with van der Waals surface area (Å²) in [5.74, 6) is -0.673. The lowest BCUT2D eigenvalue weighted by Gasteiger charge is -2.18. The van der Waals surface area contributed by atoms with Crippen LogP contribution in [0.5, 0.6) is 0 Å². The zero-order chi connectivity index (χ0) is 18.1. The van der Waals surface area contributed by atoms with E-state index in [4.69, 9.17) is 16.3 Å². The smallest absolute Gasteiger partial charge is 0.329 e. The lowest BCUT2D eigenvalue weighted by Crippen LogP contribution is -2.43. The first-order valence-corrected chi connectivity index (χ1v) is 9.04. The molecule has 1 atom stereocenters. The van der Waals surface area contributed by atoms with Gasteiger partial charge in [-0.25, -0.2) is 4.79 Å². The van der Waals surface area contributed by atoms with Crippen molar-refractivity contribution in [2.45, 2.75) is 12.5 Å². The quantitative estimate of drug-likeness (QED) is 0.704. The van der Waals surface area contributed by atoms with Crippen molar-refractivity contribution in [1.29, 1.82) is 0 Å². The monoisotopic (exact) mass is 372 g/mol. The molecule has 1 N–H and O–H groups in total. The highest BCUT2D eigenvalue weighted by Gasteiger charge is 2.23. The van der Waals surface area contributed by atoms with Gasteiger partial charge in [0.2, 0.25) is 0 Å². The van der Waals surface area contributed by atoms with E-state index in [1.54, 1.807) is 50.1 Å². The average molecular weight is 373 g/mol. The number of ether oxygens (including phenoxy) is 1. The number of carbonyl (C=O) groups is 3. The van der Waals surface area contributed by atoms with Crippen LogP contribution in [0.4, 0.5) is 0 Å². The van der Waals surface area contributed by atoms with Crippen LogP contribution in [-0.4, -0.2) is 61.4 Å². The minimum absolute atomic E-state index is 0.323. The third-order valence-electron chi connectivity index (χ3n) is 3.14. The van der Waals surface area contributed by atoms with E-state index in [0.717, 1.165) is 0 Å². The number of esters is 1. The van der Waals surface area contributed by atoms with Crippen LogP contribution in [0.15, 0.2) is 24.3 Å². The number of likely N-dealkylation sites (N-methyl/N-ethyl adjacent to an activating group) is 1. The van der Waals surface area contributed by atoms with Crippen LogP contribution < -0.4 is 5.32 Å². The van der Waals surface area contributed by atoms with Crippen LogP contribution >= 0.6 is 23.4 Å². The third-order valence-corrected chi connectivity index (χ3v) is 4.04. The summed E-state index contributed by atoms with van der Waals surface area (Å²) in [6, 6.07) is 5.53. The number of nitrogens with zero attached hydrogens (tertiary/aromatic N) is 1. The maximum Gasteiger partial charge on any atom is 0.329 e. The molecule has 6 nitrogen and oxygen atoms in total. The van der Waals surface area contributed by atoms with Crippen LogP contribution in [0.2, 0.25) is 5.02 Å². The minimum Gasteiger partial charge on any atom is -0.454 e. The van der Waals surface area contributed by atoms with E-state index in [1.165, 1.54) is 4.90 Å². The van der Waals surface area contributed by atoms with Crippen LogP contribution in [0.3, 0.4) is 0 Å². The number of hydrogen-bond donors (Lipinski definition) is 1. The molecule has 8 heteroatoms. The summed E-state index contributed by atoms with van der Waals surface area (Å²) in [4.78, 5) is 37.2. The molecule has 0 bridgehead atoms. The van der Waals surface area contributed by atoms with Gasteiger partial charge >= 0.3 is 5.97 Å². The number of benzene rings is 1. The summed E-state index contributed by atoms with van der Waals surface area (Å²) in [6.07, 6.45) is 2.31. The van der Waals surface area contributed by atoms with E-state index in [2.05, 4.69) is 5.32 Å². The second-order valence-corrected chi connectivity index (χ2v) is 6.63. The predicted molar refractivity (Wildman–Crippen MR) is 95.4 cm³/mol. The number of halogens is 1. The molecule has 1 aromatic carbocycles. The molecule has 0 fully saturated rings. The van der Waals surface area contributed by atoms with E-state index < -0.39 is 17.9 Å². The minimum atomic E-state index is -0.810. The Hall–Kier alpha value is -1.73. The maximum absolute atomic E-state index is 12.2. The summed E-state index contributed by atoms with van der Waals surface area (Å²) in [5.41, 5.74) is 0.394. The van der Waals surface area contributed by atoms with Gasteiger partial charge in [-0.1, -0.05) is 11.6 Å². The lowest BCUT2D eigenvalue weighted by molar-refractivity contribution is -0.152. The lowest BCUT2D eigenvalue weighted by atomic mass is 10.1. The van der Waals surface area contributed by atoms with Crippen molar-refractivity contribution in [2.75, 3.05) is 32.7 Å². The SMILES string of the molecule is CSCC[C@H](NC(=O)c1ccc(Cl)cc1)C(=O)OCC(=O)N(C)C. The summed E-state index contributed by atoms with van der Waals surface area (Å²) in [7, 11) is 3.15. The zero-order valence-corrected chi connectivity index (χ0v) is 15.4. The highest BCUT2D eigenvalue weighted by atomic mass is 35.5. The van der Waals surface area contributed by atoms with Gasteiger partial charge in [0.05, 0.1) is 0 Å². The van der Waals surface area contributed by atoms with Crippen molar-refractivity contribution in [3.05, 3.63) is 34.9 Å². The van der Waals surface area contributed by atoms with E-state index in [0.29, 0.717) is 22.8 Å². The summed E-state index contributed by atoms with van der Waals surface area (Å²) < 4.78 is 5.00. The van der Waals surface area contributed by atoms with Crippen molar-refractivity contribution in [3.63, 3.8) is 0 Å². The third kappa shape index (κ3) is 6.80. The van der Waals surface area contributed by atoms with Crippen molar-refractivity contribution in [1.82, 2.24) is 10.2 Å². The molecular formula is C16H21ClN2O4S. The van der Waals surface area contributed by atoms with E-state index in [-0.39, 0.29) is 12.5 Å². The topological polar surface area (TPSA) is 75.7 Å². The molecule has 24 heavy (non-hydrogen) atoms. The van der Waals surface area contributed by atoms with Crippen LogP contribution in [0.1, 0.15) is 16.8 Å². The first kappa shape index (κ1) is 20.3. The second-order valence-electron chi connectivity index (χ2n) is 5.21. The molecular weight excluding hydrogens is 352 g/mol. The van der Waals surface area contributed by atoms with Crippen molar-refractivity contribution >= 4 is 41.1 Å². The van der Waals surface area contributed by atoms with Gasteiger partial charge < -0.3 is 15.0 Å². The van der Waals surface area contributed by atoms with Gasteiger partial charge in [0.25, 0.3) is 11.8 Å². The number of rotatable bonds is 8. The maximum atomic E-state index is 12.2. The largest absolute Gasteiger partial charge is 0.454 e. The molecule has 2 amide bonds. The molecule has 0 aliphatic heterocycles. The Morgan fingerprint density at radius 3 is 2.42 bits per heavy atom. The van der Waals surface area contributed by atoms with Gasteiger partial charge in [-0.2, -0.15) is 11.8 Å². The second kappa shape index (κ2) is 10.2. The number of hydrogen-bond acceptors (Lipinski definition) is 5.